The minimum atomic E-state index is -4.70. The normalized spacial score (nSPS) is 12.2. The Morgan fingerprint density at radius 3 is 2.08 bits per heavy atom. The lowest BCUT2D eigenvalue weighted by atomic mass is 10.2. The molecule has 0 bridgehead atoms. The van der Waals surface area contributed by atoms with Gasteiger partial charge in [0.05, 0.1) is 16.3 Å². The van der Waals surface area contributed by atoms with Crippen molar-refractivity contribution in [2.24, 2.45) is 0 Å². The highest BCUT2D eigenvalue weighted by molar-refractivity contribution is 7.91. The Balaban J connectivity index is 2.30. The summed E-state index contributed by atoms with van der Waals surface area (Å²) in [5.74, 6) is -0.588. The van der Waals surface area contributed by atoms with Gasteiger partial charge >= 0.3 is 6.18 Å². The molecule has 0 spiro atoms. The molecule has 2 aromatic rings. The molecule has 2 aromatic carbocycles. The van der Waals surface area contributed by atoms with Crippen molar-refractivity contribution in [2.75, 3.05) is 4.72 Å². The van der Waals surface area contributed by atoms with Crippen LogP contribution in [0.3, 0.4) is 0 Å². The quantitative estimate of drug-likeness (QED) is 0.702. The molecule has 10 heteroatoms. The minimum absolute atomic E-state index is 0.139. The highest BCUT2D eigenvalue weighted by Gasteiger charge is 2.33. The Morgan fingerprint density at radius 1 is 0.958 bits per heavy atom. The Morgan fingerprint density at radius 2 is 1.54 bits per heavy atom. The molecule has 0 unspecified atom stereocenters. The van der Waals surface area contributed by atoms with E-state index in [2.05, 4.69) is 4.72 Å². The summed E-state index contributed by atoms with van der Waals surface area (Å²) in [6.07, 6.45) is -4.70. The lowest BCUT2D eigenvalue weighted by Gasteiger charge is -2.13. The maximum Gasteiger partial charge on any atom is 0.417 e. The van der Waals surface area contributed by atoms with E-state index in [-0.39, 0.29) is 21.3 Å². The third kappa shape index (κ3) is 4.69. The molecule has 2 rings (SSSR count). The first-order valence-electron chi connectivity index (χ1n) is 6.30. The van der Waals surface area contributed by atoms with Gasteiger partial charge in [-0.05, 0) is 30.3 Å². The average Bonchev–Trinajstić information content (AvgIpc) is 2.44. The SMILES string of the molecule is O=S(=O)(Cc1c(Cl)cccc1Cl)Nc1ccc(Cl)c(C(F)(F)F)c1. The van der Waals surface area contributed by atoms with Gasteiger partial charge in [0.15, 0.2) is 0 Å². The molecule has 0 amide bonds. The molecule has 0 fully saturated rings. The molecule has 1 N–H and O–H groups in total. The van der Waals surface area contributed by atoms with E-state index in [1.807, 2.05) is 0 Å². The Bertz CT molecular complexity index is 850. The van der Waals surface area contributed by atoms with Crippen molar-refractivity contribution in [3.05, 3.63) is 62.6 Å². The van der Waals surface area contributed by atoms with Crippen LogP contribution in [-0.2, 0) is 22.0 Å². The number of rotatable bonds is 4. The summed E-state index contributed by atoms with van der Waals surface area (Å²) in [7, 11) is -4.04. The minimum Gasteiger partial charge on any atom is -0.283 e. The Hall–Kier alpha value is -1.15. The summed E-state index contributed by atoms with van der Waals surface area (Å²) < 4.78 is 64.9. The van der Waals surface area contributed by atoms with E-state index < -0.39 is 32.5 Å². The number of halogens is 6. The summed E-state index contributed by atoms with van der Waals surface area (Å²) in [5, 5.41) is -0.250. The third-order valence-corrected chi connectivity index (χ3v) is 5.19. The molecule has 0 aliphatic rings. The van der Waals surface area contributed by atoms with Gasteiger partial charge in [0, 0.05) is 21.3 Å². The summed E-state index contributed by atoms with van der Waals surface area (Å²) in [5.41, 5.74) is -1.26. The zero-order chi connectivity index (χ0) is 18.1. The number of nitrogens with one attached hydrogen (secondary N) is 1. The molecule has 0 aromatic heterocycles. The standard InChI is InChI=1S/C14H9Cl3F3NO2S/c15-11-2-1-3-12(16)9(11)7-24(22,23)21-8-4-5-13(17)10(6-8)14(18,19)20/h1-6,21H,7H2. The molecule has 0 aliphatic heterocycles. The predicted octanol–water partition coefficient (Wildman–Crippen LogP) is 5.61. The van der Waals surface area contributed by atoms with Gasteiger partial charge in [0.1, 0.15) is 0 Å². The number of alkyl halides is 3. The second-order valence-electron chi connectivity index (χ2n) is 4.75. The molecular formula is C14H9Cl3F3NO2S. The zero-order valence-electron chi connectivity index (χ0n) is 11.7. The monoisotopic (exact) mass is 417 g/mol. The van der Waals surface area contributed by atoms with Gasteiger partial charge in [-0.3, -0.25) is 4.72 Å². The van der Waals surface area contributed by atoms with Crippen molar-refractivity contribution in [3.63, 3.8) is 0 Å². The average molecular weight is 419 g/mol. The van der Waals surface area contributed by atoms with E-state index in [0.717, 1.165) is 12.1 Å². The number of sulfonamides is 1. The maximum absolute atomic E-state index is 12.8. The van der Waals surface area contributed by atoms with E-state index in [1.165, 1.54) is 12.1 Å². The van der Waals surface area contributed by atoms with Gasteiger partial charge in [0.25, 0.3) is 0 Å². The van der Waals surface area contributed by atoms with E-state index in [0.29, 0.717) is 6.07 Å². The molecule has 24 heavy (non-hydrogen) atoms. The van der Waals surface area contributed by atoms with Crippen LogP contribution in [0, 0.1) is 0 Å². The first kappa shape index (κ1) is 19.2. The summed E-state index contributed by atoms with van der Waals surface area (Å²) in [4.78, 5) is 0. The molecule has 0 saturated carbocycles. The highest BCUT2D eigenvalue weighted by atomic mass is 35.5. The van der Waals surface area contributed by atoms with E-state index in [1.54, 1.807) is 6.07 Å². The Kier molecular flexibility index (Phi) is 5.59. The van der Waals surface area contributed by atoms with Crippen LogP contribution in [0.2, 0.25) is 15.1 Å². The molecule has 3 nitrogen and oxygen atoms in total. The van der Waals surface area contributed by atoms with Gasteiger partial charge in [0.2, 0.25) is 10.0 Å². The van der Waals surface area contributed by atoms with Crippen LogP contribution in [0.1, 0.15) is 11.1 Å². The van der Waals surface area contributed by atoms with Crippen molar-refractivity contribution < 1.29 is 21.6 Å². The highest BCUT2D eigenvalue weighted by Crippen LogP contribution is 2.36. The second kappa shape index (κ2) is 7.00. The lowest BCUT2D eigenvalue weighted by Crippen LogP contribution is -2.16. The van der Waals surface area contributed by atoms with Crippen molar-refractivity contribution in [1.82, 2.24) is 0 Å². The van der Waals surface area contributed by atoms with Crippen LogP contribution in [0.5, 0.6) is 0 Å². The lowest BCUT2D eigenvalue weighted by molar-refractivity contribution is -0.137. The fraction of sp³-hybridized carbons (Fsp3) is 0.143. The summed E-state index contributed by atoms with van der Waals surface area (Å²) in [6, 6.07) is 7.18. The molecule has 0 atom stereocenters. The van der Waals surface area contributed by atoms with Gasteiger partial charge in [-0.25, -0.2) is 8.42 Å². The van der Waals surface area contributed by atoms with Gasteiger partial charge in [-0.1, -0.05) is 40.9 Å². The predicted molar refractivity (Wildman–Crippen MR) is 89.2 cm³/mol. The van der Waals surface area contributed by atoms with Gasteiger partial charge in [-0.2, -0.15) is 13.2 Å². The van der Waals surface area contributed by atoms with Crippen LogP contribution in [-0.4, -0.2) is 8.42 Å². The smallest absolute Gasteiger partial charge is 0.283 e. The molecular weight excluding hydrogens is 410 g/mol. The fourth-order valence-electron chi connectivity index (χ4n) is 1.88. The van der Waals surface area contributed by atoms with Crippen LogP contribution in [0.4, 0.5) is 18.9 Å². The maximum atomic E-state index is 12.8. The topological polar surface area (TPSA) is 46.2 Å². The first-order chi connectivity index (χ1) is 11.0. The van der Waals surface area contributed by atoms with Crippen molar-refractivity contribution in [2.45, 2.75) is 11.9 Å². The van der Waals surface area contributed by atoms with Crippen molar-refractivity contribution in [3.8, 4) is 0 Å². The number of hydrogen-bond acceptors (Lipinski definition) is 2. The molecule has 0 heterocycles. The molecule has 130 valence electrons. The summed E-state index contributed by atoms with van der Waals surface area (Å²) in [6.45, 7) is 0. The van der Waals surface area contributed by atoms with E-state index in [4.69, 9.17) is 34.8 Å². The van der Waals surface area contributed by atoms with Crippen LogP contribution in [0.25, 0.3) is 0 Å². The molecule has 0 radical (unpaired) electrons. The first-order valence-corrected chi connectivity index (χ1v) is 9.08. The number of anilines is 1. The van der Waals surface area contributed by atoms with Crippen LogP contribution < -0.4 is 4.72 Å². The van der Waals surface area contributed by atoms with Gasteiger partial charge in [-0.15, -0.1) is 0 Å². The van der Waals surface area contributed by atoms with Crippen LogP contribution in [0.15, 0.2) is 36.4 Å². The van der Waals surface area contributed by atoms with E-state index >= 15 is 0 Å². The van der Waals surface area contributed by atoms with Crippen molar-refractivity contribution in [1.29, 1.82) is 0 Å². The third-order valence-electron chi connectivity index (χ3n) is 2.94. The number of benzene rings is 2. The molecule has 0 saturated heterocycles. The van der Waals surface area contributed by atoms with Crippen LogP contribution >= 0.6 is 34.8 Å². The Labute approximate surface area is 151 Å². The second-order valence-corrected chi connectivity index (χ2v) is 7.70. The summed E-state index contributed by atoms with van der Waals surface area (Å²) >= 11 is 17.3. The zero-order valence-corrected chi connectivity index (χ0v) is 14.7. The van der Waals surface area contributed by atoms with Crippen molar-refractivity contribution >= 4 is 50.5 Å². The largest absolute Gasteiger partial charge is 0.417 e. The number of hydrogen-bond donors (Lipinski definition) is 1. The fourth-order valence-corrected chi connectivity index (χ4v) is 4.05. The van der Waals surface area contributed by atoms with E-state index in [9.17, 15) is 21.6 Å². The molecule has 0 aliphatic carbocycles. The van der Waals surface area contributed by atoms with Gasteiger partial charge < -0.3 is 0 Å².